The van der Waals surface area contributed by atoms with Crippen LogP contribution >= 0.6 is 0 Å². The summed E-state index contributed by atoms with van der Waals surface area (Å²) in [6.07, 6.45) is 4.97. The molecule has 0 bridgehead atoms. The Morgan fingerprint density at radius 1 is 1.40 bits per heavy atom. The van der Waals surface area contributed by atoms with Gasteiger partial charge in [-0.05, 0) is 6.07 Å². The summed E-state index contributed by atoms with van der Waals surface area (Å²) < 4.78 is 1.63. The molecule has 0 aliphatic rings. The van der Waals surface area contributed by atoms with E-state index in [-0.39, 0.29) is 0 Å². The number of fused-ring (bicyclic) bond motifs is 1. The van der Waals surface area contributed by atoms with Crippen LogP contribution in [0.2, 0.25) is 0 Å². The van der Waals surface area contributed by atoms with Gasteiger partial charge in [0.15, 0.2) is 0 Å². The van der Waals surface area contributed by atoms with Crippen LogP contribution in [-0.4, -0.2) is 14.6 Å². The Balaban J connectivity index is 2.95. The number of rotatable bonds is 0. The summed E-state index contributed by atoms with van der Waals surface area (Å²) in [5.41, 5.74) is 6.46. The smallest absolute Gasteiger partial charge is 0.144 e. The molecule has 50 valence electrons. The molecule has 0 spiro atoms. The standard InChI is InChI=1S/C6H6N4/c7-6-4-8-3-5-1-2-9-10(5)6/h1-4H,7H2. The van der Waals surface area contributed by atoms with Gasteiger partial charge in [0.1, 0.15) is 5.82 Å². The van der Waals surface area contributed by atoms with Crippen LogP contribution in [0.3, 0.4) is 0 Å². The maximum atomic E-state index is 5.54. The molecular weight excluding hydrogens is 128 g/mol. The van der Waals surface area contributed by atoms with Crippen molar-refractivity contribution in [2.45, 2.75) is 0 Å². The molecule has 2 aromatic heterocycles. The monoisotopic (exact) mass is 134 g/mol. The van der Waals surface area contributed by atoms with E-state index in [1.165, 1.54) is 0 Å². The average molecular weight is 134 g/mol. The van der Waals surface area contributed by atoms with Crippen LogP contribution in [0, 0.1) is 0 Å². The van der Waals surface area contributed by atoms with Crippen LogP contribution < -0.4 is 5.73 Å². The fraction of sp³-hybridized carbons (Fsp3) is 0. The molecule has 0 radical (unpaired) electrons. The van der Waals surface area contributed by atoms with Crippen molar-refractivity contribution < 1.29 is 0 Å². The average Bonchev–Trinajstić information content (AvgIpc) is 2.36. The first kappa shape index (κ1) is 5.22. The first-order chi connectivity index (χ1) is 4.88. The summed E-state index contributed by atoms with van der Waals surface area (Å²) in [6.45, 7) is 0. The number of nitrogens with two attached hydrogens (primary N) is 1. The second kappa shape index (κ2) is 1.70. The lowest BCUT2D eigenvalue weighted by atomic mass is 10.5. The molecule has 2 aromatic rings. The molecule has 2 N–H and O–H groups in total. The van der Waals surface area contributed by atoms with Crippen molar-refractivity contribution in [2.75, 3.05) is 5.73 Å². The van der Waals surface area contributed by atoms with Crippen LogP contribution in [0.4, 0.5) is 5.82 Å². The highest BCUT2D eigenvalue weighted by molar-refractivity contribution is 5.48. The summed E-state index contributed by atoms with van der Waals surface area (Å²) in [6, 6.07) is 1.85. The Kier molecular flexibility index (Phi) is 0.887. The van der Waals surface area contributed by atoms with Crippen molar-refractivity contribution in [1.82, 2.24) is 14.6 Å². The van der Waals surface area contributed by atoms with Crippen molar-refractivity contribution >= 4 is 11.3 Å². The van der Waals surface area contributed by atoms with Gasteiger partial charge in [0, 0.05) is 0 Å². The predicted octanol–water partition coefficient (Wildman–Crippen LogP) is 0.311. The highest BCUT2D eigenvalue weighted by atomic mass is 15.3. The van der Waals surface area contributed by atoms with E-state index in [0.717, 1.165) is 5.52 Å². The lowest BCUT2D eigenvalue weighted by Gasteiger charge is -1.94. The lowest BCUT2D eigenvalue weighted by molar-refractivity contribution is 0.959. The van der Waals surface area contributed by atoms with Gasteiger partial charge in [-0.3, -0.25) is 4.98 Å². The van der Waals surface area contributed by atoms with Gasteiger partial charge in [-0.2, -0.15) is 5.10 Å². The quantitative estimate of drug-likeness (QED) is 0.564. The van der Waals surface area contributed by atoms with Crippen molar-refractivity contribution in [2.24, 2.45) is 0 Å². The zero-order valence-electron chi connectivity index (χ0n) is 5.23. The molecule has 0 aliphatic carbocycles. The molecule has 0 saturated heterocycles. The van der Waals surface area contributed by atoms with E-state index in [0.29, 0.717) is 5.82 Å². The Bertz CT molecular complexity index is 351. The molecule has 0 amide bonds. The Hall–Kier alpha value is -1.58. The third kappa shape index (κ3) is 0.556. The topological polar surface area (TPSA) is 56.2 Å². The van der Waals surface area contributed by atoms with E-state index < -0.39 is 0 Å². The minimum Gasteiger partial charge on any atom is -0.382 e. The third-order valence-corrected chi connectivity index (χ3v) is 1.33. The second-order valence-electron chi connectivity index (χ2n) is 2.00. The summed E-state index contributed by atoms with van der Waals surface area (Å²) in [5.74, 6) is 0.558. The van der Waals surface area contributed by atoms with Crippen molar-refractivity contribution in [3.63, 3.8) is 0 Å². The van der Waals surface area contributed by atoms with Crippen LogP contribution in [0.25, 0.3) is 5.52 Å². The first-order valence-corrected chi connectivity index (χ1v) is 2.91. The molecule has 2 heterocycles. The van der Waals surface area contributed by atoms with Gasteiger partial charge in [-0.25, -0.2) is 4.52 Å². The van der Waals surface area contributed by atoms with E-state index in [1.54, 1.807) is 23.1 Å². The minimum atomic E-state index is 0.558. The zero-order chi connectivity index (χ0) is 6.97. The number of anilines is 1. The molecule has 4 nitrogen and oxygen atoms in total. The maximum absolute atomic E-state index is 5.54. The SMILES string of the molecule is Nc1cncc2ccnn12. The van der Waals surface area contributed by atoms with Gasteiger partial charge in [0.05, 0.1) is 24.1 Å². The number of aromatic nitrogens is 3. The summed E-state index contributed by atoms with van der Waals surface area (Å²) in [7, 11) is 0. The van der Waals surface area contributed by atoms with E-state index >= 15 is 0 Å². The molecule has 0 aliphatic heterocycles. The highest BCUT2D eigenvalue weighted by Gasteiger charge is 1.94. The van der Waals surface area contributed by atoms with E-state index in [1.807, 2.05) is 6.07 Å². The Morgan fingerprint density at radius 3 is 3.10 bits per heavy atom. The Morgan fingerprint density at radius 2 is 2.30 bits per heavy atom. The number of nitrogen functional groups attached to an aromatic ring is 1. The lowest BCUT2D eigenvalue weighted by Crippen LogP contribution is -1.97. The molecule has 4 heteroatoms. The summed E-state index contributed by atoms with van der Waals surface area (Å²) in [4.78, 5) is 3.90. The van der Waals surface area contributed by atoms with Crippen LogP contribution in [0.5, 0.6) is 0 Å². The molecule has 0 saturated carbocycles. The molecule has 0 atom stereocenters. The zero-order valence-corrected chi connectivity index (χ0v) is 5.23. The van der Waals surface area contributed by atoms with Crippen molar-refractivity contribution in [3.8, 4) is 0 Å². The van der Waals surface area contributed by atoms with Gasteiger partial charge in [-0.15, -0.1) is 0 Å². The summed E-state index contributed by atoms with van der Waals surface area (Å²) >= 11 is 0. The van der Waals surface area contributed by atoms with Gasteiger partial charge >= 0.3 is 0 Å². The van der Waals surface area contributed by atoms with E-state index in [4.69, 9.17) is 5.73 Å². The molecule has 0 aromatic carbocycles. The molecule has 10 heavy (non-hydrogen) atoms. The van der Waals surface area contributed by atoms with Crippen molar-refractivity contribution in [3.05, 3.63) is 24.7 Å². The molecule has 2 rings (SSSR count). The number of hydrogen-bond donors (Lipinski definition) is 1. The molecule has 0 unspecified atom stereocenters. The maximum Gasteiger partial charge on any atom is 0.144 e. The van der Waals surface area contributed by atoms with E-state index in [2.05, 4.69) is 10.1 Å². The number of hydrogen-bond acceptors (Lipinski definition) is 3. The van der Waals surface area contributed by atoms with Crippen LogP contribution in [0.1, 0.15) is 0 Å². The molecular formula is C6H6N4. The normalized spacial score (nSPS) is 10.4. The van der Waals surface area contributed by atoms with Gasteiger partial charge in [0.2, 0.25) is 0 Å². The second-order valence-corrected chi connectivity index (χ2v) is 2.00. The van der Waals surface area contributed by atoms with Gasteiger partial charge < -0.3 is 5.73 Å². The van der Waals surface area contributed by atoms with E-state index in [9.17, 15) is 0 Å². The highest BCUT2D eigenvalue weighted by Crippen LogP contribution is 2.03. The summed E-state index contributed by atoms with van der Waals surface area (Å²) in [5, 5.41) is 3.97. The Labute approximate surface area is 57.3 Å². The predicted molar refractivity (Wildman–Crippen MR) is 37.4 cm³/mol. The largest absolute Gasteiger partial charge is 0.382 e. The van der Waals surface area contributed by atoms with Gasteiger partial charge in [0.25, 0.3) is 0 Å². The fourth-order valence-electron chi connectivity index (χ4n) is 0.872. The van der Waals surface area contributed by atoms with Crippen LogP contribution in [0.15, 0.2) is 24.7 Å². The van der Waals surface area contributed by atoms with Gasteiger partial charge in [-0.1, -0.05) is 0 Å². The van der Waals surface area contributed by atoms with Crippen LogP contribution in [-0.2, 0) is 0 Å². The molecule has 0 fully saturated rings. The fourth-order valence-corrected chi connectivity index (χ4v) is 0.872. The third-order valence-electron chi connectivity index (χ3n) is 1.33. The number of nitrogens with zero attached hydrogens (tertiary/aromatic N) is 3. The van der Waals surface area contributed by atoms with Crippen molar-refractivity contribution in [1.29, 1.82) is 0 Å². The minimum absolute atomic E-state index is 0.558. The first-order valence-electron chi connectivity index (χ1n) is 2.91.